The van der Waals surface area contributed by atoms with Crippen LogP contribution in [0.3, 0.4) is 0 Å². The molecule has 1 atom stereocenters. The first-order valence-electron chi connectivity index (χ1n) is 8.56. The van der Waals surface area contributed by atoms with Crippen molar-refractivity contribution in [1.29, 1.82) is 0 Å². The third kappa shape index (κ3) is 4.14. The second-order valence-corrected chi connectivity index (χ2v) is 6.79. The van der Waals surface area contributed by atoms with Gasteiger partial charge in [0, 0.05) is 36.3 Å². The van der Waals surface area contributed by atoms with Crippen LogP contribution in [0, 0.1) is 13.8 Å². The van der Waals surface area contributed by atoms with Crippen molar-refractivity contribution in [3.63, 3.8) is 0 Å². The monoisotopic (exact) mass is 376 g/mol. The van der Waals surface area contributed by atoms with E-state index in [0.29, 0.717) is 5.56 Å². The van der Waals surface area contributed by atoms with Crippen molar-refractivity contribution in [2.24, 2.45) is 0 Å². The van der Waals surface area contributed by atoms with E-state index >= 15 is 0 Å². The molecule has 0 saturated carbocycles. The lowest BCUT2D eigenvalue weighted by atomic mass is 10.1. The first-order valence-corrected chi connectivity index (χ1v) is 8.93. The summed E-state index contributed by atoms with van der Waals surface area (Å²) in [6.07, 6.45) is 3.62. The van der Waals surface area contributed by atoms with Crippen molar-refractivity contribution in [2.45, 2.75) is 39.3 Å². The molecule has 0 N–H and O–H groups in total. The third-order valence-corrected chi connectivity index (χ3v) is 4.81. The maximum absolute atomic E-state index is 12.5. The van der Waals surface area contributed by atoms with Gasteiger partial charge in [-0.05, 0) is 44.9 Å². The molecule has 3 rings (SSSR count). The molecule has 7 heteroatoms. The summed E-state index contributed by atoms with van der Waals surface area (Å²) in [4.78, 5) is 28.3. The normalized spacial score (nSPS) is 16.7. The van der Waals surface area contributed by atoms with Crippen LogP contribution in [-0.2, 0) is 16.0 Å². The highest BCUT2D eigenvalue weighted by atomic mass is 35.5. The summed E-state index contributed by atoms with van der Waals surface area (Å²) in [5, 5.41) is 0.288. The highest BCUT2D eigenvalue weighted by molar-refractivity contribution is 6.29. The van der Waals surface area contributed by atoms with E-state index in [9.17, 15) is 9.59 Å². The molecule has 0 spiro atoms. The minimum absolute atomic E-state index is 0.193. The lowest BCUT2D eigenvalue weighted by Gasteiger charge is -2.14. The average Bonchev–Trinajstić information content (AvgIpc) is 3.24. The van der Waals surface area contributed by atoms with Gasteiger partial charge in [0.05, 0.1) is 11.7 Å². The topological polar surface area (TPSA) is 70.4 Å². The van der Waals surface area contributed by atoms with E-state index in [0.717, 1.165) is 37.4 Å². The van der Waals surface area contributed by atoms with Gasteiger partial charge < -0.3 is 14.0 Å². The first-order chi connectivity index (χ1) is 12.5. The molecule has 0 amide bonds. The number of hydrogen-bond donors (Lipinski definition) is 0. The van der Waals surface area contributed by atoms with Gasteiger partial charge in [-0.1, -0.05) is 11.6 Å². The molecule has 0 bridgehead atoms. The van der Waals surface area contributed by atoms with Crippen molar-refractivity contribution in [3.8, 4) is 0 Å². The number of ether oxygens (including phenoxy) is 2. The van der Waals surface area contributed by atoms with Crippen LogP contribution in [-0.4, -0.2) is 40.6 Å². The lowest BCUT2D eigenvalue weighted by Crippen LogP contribution is -2.18. The van der Waals surface area contributed by atoms with Crippen molar-refractivity contribution in [2.75, 3.05) is 13.2 Å². The largest absolute Gasteiger partial charge is 0.454 e. The fourth-order valence-corrected chi connectivity index (χ4v) is 3.26. The molecule has 1 saturated heterocycles. The zero-order chi connectivity index (χ0) is 18.7. The van der Waals surface area contributed by atoms with E-state index in [1.807, 2.05) is 19.9 Å². The summed E-state index contributed by atoms with van der Waals surface area (Å²) >= 11 is 5.69. The Bertz CT molecular complexity index is 808. The van der Waals surface area contributed by atoms with E-state index < -0.39 is 5.97 Å². The Morgan fingerprint density at radius 1 is 1.38 bits per heavy atom. The zero-order valence-corrected chi connectivity index (χ0v) is 15.6. The second kappa shape index (κ2) is 8.01. The van der Waals surface area contributed by atoms with Gasteiger partial charge >= 0.3 is 5.97 Å². The molecule has 138 valence electrons. The van der Waals surface area contributed by atoms with Gasteiger partial charge in [0.2, 0.25) is 5.78 Å². The fourth-order valence-electron chi connectivity index (χ4n) is 3.15. The minimum atomic E-state index is -0.601. The SMILES string of the molecule is Cc1cc(C(=O)COC(=O)c2ccc(Cl)nc2)c(C)n1C[C@@H]1CCCO1. The number of aromatic nitrogens is 2. The van der Waals surface area contributed by atoms with Gasteiger partial charge in [-0.15, -0.1) is 0 Å². The summed E-state index contributed by atoms with van der Waals surface area (Å²) in [5.74, 6) is -0.831. The van der Waals surface area contributed by atoms with E-state index in [-0.39, 0.29) is 29.2 Å². The van der Waals surface area contributed by atoms with Gasteiger partial charge in [0.25, 0.3) is 0 Å². The number of rotatable bonds is 6. The number of aryl methyl sites for hydroxylation is 1. The van der Waals surface area contributed by atoms with E-state index in [1.165, 1.54) is 18.3 Å². The van der Waals surface area contributed by atoms with Gasteiger partial charge in [0.1, 0.15) is 5.15 Å². The maximum atomic E-state index is 12.5. The highest BCUT2D eigenvalue weighted by Gasteiger charge is 2.21. The third-order valence-electron chi connectivity index (χ3n) is 4.58. The van der Waals surface area contributed by atoms with Crippen molar-refractivity contribution >= 4 is 23.4 Å². The predicted molar refractivity (Wildman–Crippen MR) is 96.7 cm³/mol. The van der Waals surface area contributed by atoms with Crippen molar-refractivity contribution < 1.29 is 19.1 Å². The van der Waals surface area contributed by atoms with Crippen LogP contribution in [0.15, 0.2) is 24.4 Å². The van der Waals surface area contributed by atoms with Gasteiger partial charge in [-0.25, -0.2) is 9.78 Å². The molecule has 0 aromatic carbocycles. The molecule has 1 aliphatic rings. The number of Topliss-reactive ketones (excluding diaryl/α,β-unsaturated/α-hetero) is 1. The van der Waals surface area contributed by atoms with Crippen LogP contribution in [0.5, 0.6) is 0 Å². The van der Waals surface area contributed by atoms with Crippen LogP contribution in [0.25, 0.3) is 0 Å². The summed E-state index contributed by atoms with van der Waals surface area (Å²) < 4.78 is 12.9. The number of esters is 1. The molecular weight excluding hydrogens is 356 g/mol. The summed E-state index contributed by atoms with van der Waals surface area (Å²) in [6.45, 7) is 5.09. The van der Waals surface area contributed by atoms with Crippen LogP contribution in [0.1, 0.15) is 44.9 Å². The molecule has 1 fully saturated rings. The Morgan fingerprint density at radius 3 is 2.85 bits per heavy atom. The molecule has 1 aliphatic heterocycles. The summed E-state index contributed by atoms with van der Waals surface area (Å²) in [6, 6.07) is 4.85. The minimum Gasteiger partial charge on any atom is -0.454 e. The summed E-state index contributed by atoms with van der Waals surface area (Å²) in [5.41, 5.74) is 2.69. The Hall–Kier alpha value is -2.18. The fraction of sp³-hybridized carbons (Fsp3) is 0.421. The number of ketones is 1. The van der Waals surface area contributed by atoms with E-state index in [2.05, 4.69) is 9.55 Å². The Kier molecular flexibility index (Phi) is 5.74. The summed E-state index contributed by atoms with van der Waals surface area (Å²) in [7, 11) is 0. The van der Waals surface area contributed by atoms with Crippen LogP contribution < -0.4 is 0 Å². The average molecular weight is 377 g/mol. The molecule has 2 aromatic heterocycles. The molecule has 26 heavy (non-hydrogen) atoms. The zero-order valence-electron chi connectivity index (χ0n) is 14.8. The quantitative estimate of drug-likeness (QED) is 0.439. The lowest BCUT2D eigenvalue weighted by molar-refractivity contribution is 0.0474. The van der Waals surface area contributed by atoms with Gasteiger partial charge in [0.15, 0.2) is 6.61 Å². The van der Waals surface area contributed by atoms with Gasteiger partial charge in [-0.2, -0.15) is 0 Å². The maximum Gasteiger partial charge on any atom is 0.340 e. The Labute approximate surface area is 157 Å². The smallest absolute Gasteiger partial charge is 0.340 e. The van der Waals surface area contributed by atoms with Crippen molar-refractivity contribution in [3.05, 3.63) is 52.1 Å². The molecule has 2 aromatic rings. The Morgan fingerprint density at radius 2 is 2.19 bits per heavy atom. The number of nitrogens with zero attached hydrogens (tertiary/aromatic N) is 2. The molecule has 6 nitrogen and oxygen atoms in total. The number of hydrogen-bond acceptors (Lipinski definition) is 5. The second-order valence-electron chi connectivity index (χ2n) is 6.40. The van der Waals surface area contributed by atoms with E-state index in [4.69, 9.17) is 21.1 Å². The highest BCUT2D eigenvalue weighted by Crippen LogP contribution is 2.21. The van der Waals surface area contributed by atoms with Crippen LogP contribution in [0.4, 0.5) is 0 Å². The predicted octanol–water partition coefficient (Wildman–Crippen LogP) is 3.37. The molecular formula is C19H21ClN2O4. The molecule has 0 unspecified atom stereocenters. The number of pyridine rings is 1. The number of carbonyl (C=O) groups excluding carboxylic acids is 2. The van der Waals surface area contributed by atoms with Crippen LogP contribution in [0.2, 0.25) is 5.15 Å². The van der Waals surface area contributed by atoms with Gasteiger partial charge in [-0.3, -0.25) is 4.79 Å². The Balaban J connectivity index is 1.64. The van der Waals surface area contributed by atoms with Crippen molar-refractivity contribution in [1.82, 2.24) is 9.55 Å². The van der Waals surface area contributed by atoms with Crippen LogP contribution >= 0.6 is 11.6 Å². The molecule has 3 heterocycles. The standard InChI is InChI=1S/C19H21ClN2O4/c1-12-8-16(13(2)22(12)10-15-4-3-7-25-15)17(23)11-26-19(24)14-5-6-18(20)21-9-14/h5-6,8-9,15H,3-4,7,10-11H2,1-2H3/t15-/m0/s1. The number of carbonyl (C=O) groups is 2. The molecule has 0 radical (unpaired) electrons. The number of halogens is 1. The first kappa shape index (κ1) is 18.6. The van der Waals surface area contributed by atoms with E-state index in [1.54, 1.807) is 0 Å². The molecule has 0 aliphatic carbocycles.